The Morgan fingerprint density at radius 1 is 1.29 bits per heavy atom. The van der Waals surface area contributed by atoms with Gasteiger partial charge in [0, 0.05) is 13.1 Å². The number of carbonyl (C=O) groups excluding carboxylic acids is 1. The molecule has 0 aliphatic carbocycles. The van der Waals surface area contributed by atoms with E-state index >= 15 is 0 Å². The third-order valence-electron chi connectivity index (χ3n) is 4.05. The fourth-order valence-corrected chi connectivity index (χ4v) is 2.71. The number of hydrogen-bond acceptors (Lipinski definition) is 3. The fraction of sp³-hybridized carbons (Fsp3) is 0.562. The number of amides is 1. The minimum Gasteiger partial charge on any atom is -0.480 e. The van der Waals surface area contributed by atoms with Crippen LogP contribution in [-0.4, -0.2) is 43.1 Å². The van der Waals surface area contributed by atoms with Gasteiger partial charge in [0.15, 0.2) is 6.10 Å². The molecule has 1 heterocycles. The average Bonchev–Trinajstić information content (AvgIpc) is 2.53. The van der Waals surface area contributed by atoms with Gasteiger partial charge in [-0.25, -0.2) is 0 Å². The molecule has 1 aliphatic heterocycles. The Bertz CT molecular complexity index is 548. The Morgan fingerprint density at radius 3 is 2.46 bits per heavy atom. The molecular weight excluding hydrogens is 345 g/mol. The predicted octanol–water partition coefficient (Wildman–Crippen LogP) is 3.10. The number of benzene rings is 1. The number of piperidine rings is 1. The van der Waals surface area contributed by atoms with Crippen molar-refractivity contribution in [2.24, 2.45) is 0 Å². The van der Waals surface area contributed by atoms with Crippen LogP contribution in [0.3, 0.4) is 0 Å². The molecule has 1 aliphatic rings. The van der Waals surface area contributed by atoms with Crippen LogP contribution in [0.25, 0.3) is 0 Å². The maximum atomic E-state index is 13.0. The Balaban J connectivity index is 0.00000288. The zero-order valence-corrected chi connectivity index (χ0v) is 14.4. The summed E-state index contributed by atoms with van der Waals surface area (Å²) in [6, 6.07) is 5.02. The van der Waals surface area contributed by atoms with E-state index in [1.54, 1.807) is 11.9 Å². The van der Waals surface area contributed by atoms with Gasteiger partial charge in [0.1, 0.15) is 5.75 Å². The summed E-state index contributed by atoms with van der Waals surface area (Å²) in [5, 5.41) is 3.21. The summed E-state index contributed by atoms with van der Waals surface area (Å²) in [7, 11) is 1.67. The van der Waals surface area contributed by atoms with E-state index in [9.17, 15) is 18.0 Å². The molecule has 1 aromatic rings. The van der Waals surface area contributed by atoms with Gasteiger partial charge in [0.25, 0.3) is 5.91 Å². The predicted molar refractivity (Wildman–Crippen MR) is 87.4 cm³/mol. The Labute approximate surface area is 145 Å². The first-order chi connectivity index (χ1) is 10.8. The van der Waals surface area contributed by atoms with E-state index in [4.69, 9.17) is 4.74 Å². The third-order valence-corrected chi connectivity index (χ3v) is 4.05. The molecule has 24 heavy (non-hydrogen) atoms. The number of para-hydroxylation sites is 1. The molecule has 2 rings (SSSR count). The third kappa shape index (κ3) is 5.01. The maximum absolute atomic E-state index is 13.0. The van der Waals surface area contributed by atoms with Gasteiger partial charge in [-0.15, -0.1) is 12.4 Å². The lowest BCUT2D eigenvalue weighted by atomic mass is 10.0. The minimum atomic E-state index is -4.51. The van der Waals surface area contributed by atoms with Crippen LogP contribution in [0.1, 0.15) is 25.3 Å². The molecule has 1 aromatic carbocycles. The monoisotopic (exact) mass is 366 g/mol. The second-order valence-electron chi connectivity index (χ2n) is 5.68. The van der Waals surface area contributed by atoms with Crippen LogP contribution in [0.4, 0.5) is 13.2 Å². The van der Waals surface area contributed by atoms with Crippen molar-refractivity contribution in [3.8, 4) is 5.75 Å². The number of ether oxygens (including phenoxy) is 1. The van der Waals surface area contributed by atoms with Crippen molar-refractivity contribution < 1.29 is 22.7 Å². The molecule has 1 N–H and O–H groups in total. The Morgan fingerprint density at radius 2 is 1.88 bits per heavy atom. The van der Waals surface area contributed by atoms with E-state index in [2.05, 4.69) is 5.32 Å². The molecule has 4 nitrogen and oxygen atoms in total. The average molecular weight is 367 g/mol. The number of carbonyl (C=O) groups is 1. The zero-order valence-electron chi connectivity index (χ0n) is 13.6. The number of hydrogen-bond donors (Lipinski definition) is 1. The van der Waals surface area contributed by atoms with Crippen LogP contribution < -0.4 is 10.1 Å². The molecule has 8 heteroatoms. The number of halogens is 4. The lowest BCUT2D eigenvalue weighted by Gasteiger charge is -2.33. The van der Waals surface area contributed by atoms with Crippen molar-refractivity contribution in [2.75, 3.05) is 20.1 Å². The van der Waals surface area contributed by atoms with E-state index in [-0.39, 0.29) is 30.1 Å². The first kappa shape index (κ1) is 20.6. The van der Waals surface area contributed by atoms with Crippen LogP contribution in [0.5, 0.6) is 5.75 Å². The highest BCUT2D eigenvalue weighted by molar-refractivity contribution is 5.85. The number of alkyl halides is 3. The molecule has 0 saturated carbocycles. The summed E-state index contributed by atoms with van der Waals surface area (Å²) in [5.41, 5.74) is -0.871. The van der Waals surface area contributed by atoms with Crippen molar-refractivity contribution >= 4 is 18.3 Å². The van der Waals surface area contributed by atoms with Crippen molar-refractivity contribution in [3.63, 3.8) is 0 Å². The molecule has 1 atom stereocenters. The fourth-order valence-electron chi connectivity index (χ4n) is 2.71. The van der Waals surface area contributed by atoms with Crippen LogP contribution in [0, 0.1) is 0 Å². The molecule has 1 fully saturated rings. The van der Waals surface area contributed by atoms with Gasteiger partial charge in [-0.2, -0.15) is 13.2 Å². The molecule has 0 spiro atoms. The van der Waals surface area contributed by atoms with Gasteiger partial charge in [-0.3, -0.25) is 4.79 Å². The Kier molecular flexibility index (Phi) is 7.35. The summed E-state index contributed by atoms with van der Waals surface area (Å²) in [5.74, 6) is -0.631. The number of likely N-dealkylation sites (N-methyl/N-ethyl adjacent to an activating group) is 1. The van der Waals surface area contributed by atoms with Crippen LogP contribution >= 0.6 is 12.4 Å². The SMILES string of the molecule is CC(Oc1ccccc1C(F)(F)F)C(=O)N(C)C1CCNCC1.Cl. The first-order valence-corrected chi connectivity index (χ1v) is 7.61. The van der Waals surface area contributed by atoms with Crippen molar-refractivity contribution in [2.45, 2.75) is 38.1 Å². The molecule has 1 amide bonds. The lowest BCUT2D eigenvalue weighted by Crippen LogP contribution is -2.48. The van der Waals surface area contributed by atoms with E-state index in [1.165, 1.54) is 25.1 Å². The number of rotatable bonds is 4. The summed E-state index contributed by atoms with van der Waals surface area (Å²) in [6.07, 6.45) is -3.83. The summed E-state index contributed by atoms with van der Waals surface area (Å²) >= 11 is 0. The molecule has 0 aromatic heterocycles. The molecule has 0 radical (unpaired) electrons. The van der Waals surface area contributed by atoms with Crippen LogP contribution in [0.2, 0.25) is 0 Å². The number of nitrogens with one attached hydrogen (secondary N) is 1. The van der Waals surface area contributed by atoms with E-state index in [1.807, 2.05) is 0 Å². The van der Waals surface area contributed by atoms with Crippen molar-refractivity contribution in [1.29, 1.82) is 0 Å². The summed E-state index contributed by atoms with van der Waals surface area (Å²) in [4.78, 5) is 14.0. The van der Waals surface area contributed by atoms with Gasteiger partial charge in [-0.1, -0.05) is 12.1 Å². The highest BCUT2D eigenvalue weighted by atomic mass is 35.5. The second-order valence-corrected chi connectivity index (χ2v) is 5.68. The first-order valence-electron chi connectivity index (χ1n) is 7.61. The quantitative estimate of drug-likeness (QED) is 0.890. The highest BCUT2D eigenvalue weighted by Gasteiger charge is 2.35. The van der Waals surface area contributed by atoms with Crippen molar-refractivity contribution in [3.05, 3.63) is 29.8 Å². The smallest absolute Gasteiger partial charge is 0.419 e. The molecule has 1 unspecified atom stereocenters. The molecule has 0 bridgehead atoms. The van der Waals surface area contributed by atoms with Gasteiger partial charge < -0.3 is 15.0 Å². The molecule has 136 valence electrons. The largest absolute Gasteiger partial charge is 0.480 e. The topological polar surface area (TPSA) is 41.6 Å². The molecular formula is C16H22ClF3N2O2. The number of nitrogens with zero attached hydrogens (tertiary/aromatic N) is 1. The minimum absolute atomic E-state index is 0. The van der Waals surface area contributed by atoms with Crippen LogP contribution in [0.15, 0.2) is 24.3 Å². The maximum Gasteiger partial charge on any atom is 0.419 e. The van der Waals surface area contributed by atoms with Crippen LogP contribution in [-0.2, 0) is 11.0 Å². The van der Waals surface area contributed by atoms with Gasteiger partial charge in [0.2, 0.25) is 0 Å². The van der Waals surface area contributed by atoms with E-state index in [0.29, 0.717) is 0 Å². The standard InChI is InChI=1S/C16H21F3N2O2.ClH/c1-11(15(22)21(2)12-7-9-20-10-8-12)23-14-6-4-3-5-13(14)16(17,18)19;/h3-6,11-12,20H,7-10H2,1-2H3;1H. The summed E-state index contributed by atoms with van der Waals surface area (Å²) < 4.78 is 44.2. The zero-order chi connectivity index (χ0) is 17.0. The lowest BCUT2D eigenvalue weighted by molar-refractivity contribution is -0.144. The van der Waals surface area contributed by atoms with E-state index < -0.39 is 17.8 Å². The summed E-state index contributed by atoms with van der Waals surface area (Å²) in [6.45, 7) is 3.13. The molecule has 1 saturated heterocycles. The second kappa shape index (κ2) is 8.58. The van der Waals surface area contributed by atoms with E-state index in [0.717, 1.165) is 32.0 Å². The van der Waals surface area contributed by atoms with Gasteiger partial charge >= 0.3 is 6.18 Å². The van der Waals surface area contributed by atoms with Gasteiger partial charge in [0.05, 0.1) is 5.56 Å². The van der Waals surface area contributed by atoms with Gasteiger partial charge in [-0.05, 0) is 45.0 Å². The highest BCUT2D eigenvalue weighted by Crippen LogP contribution is 2.36. The normalized spacial score (nSPS) is 16.9. The Hall–Kier alpha value is -1.47. The van der Waals surface area contributed by atoms with Crippen molar-refractivity contribution in [1.82, 2.24) is 10.2 Å².